The second kappa shape index (κ2) is 6.16. The average molecular weight is 331 g/mol. The van der Waals surface area contributed by atoms with E-state index in [1.54, 1.807) is 11.6 Å². The molecule has 4 rings (SSSR count). The van der Waals surface area contributed by atoms with Gasteiger partial charge in [0.2, 0.25) is 5.95 Å². The summed E-state index contributed by atoms with van der Waals surface area (Å²) in [5, 5.41) is 7.80. The van der Waals surface area contributed by atoms with Crippen molar-refractivity contribution in [3.05, 3.63) is 66.7 Å². The van der Waals surface area contributed by atoms with Crippen LogP contribution in [0.3, 0.4) is 0 Å². The minimum atomic E-state index is 0.543. The number of methoxy groups -OCH3 is 1. The quantitative estimate of drug-likeness (QED) is 0.557. The van der Waals surface area contributed by atoms with E-state index in [1.807, 2.05) is 66.7 Å². The second-order valence-corrected chi connectivity index (χ2v) is 5.56. The van der Waals surface area contributed by atoms with Crippen LogP contribution in [0.1, 0.15) is 0 Å². The molecule has 4 aromatic rings. The van der Waals surface area contributed by atoms with Gasteiger partial charge in [-0.2, -0.15) is 4.98 Å². The molecule has 0 radical (unpaired) electrons. The zero-order valence-electron chi connectivity index (χ0n) is 13.7. The van der Waals surface area contributed by atoms with Gasteiger partial charge in [0.15, 0.2) is 5.65 Å². The Morgan fingerprint density at radius 3 is 2.64 bits per heavy atom. The van der Waals surface area contributed by atoms with Crippen LogP contribution in [0.5, 0.6) is 5.75 Å². The van der Waals surface area contributed by atoms with Crippen molar-refractivity contribution in [2.24, 2.45) is 0 Å². The molecule has 6 nitrogen and oxygen atoms in total. The van der Waals surface area contributed by atoms with Crippen molar-refractivity contribution in [2.75, 3.05) is 18.2 Å². The van der Waals surface area contributed by atoms with Crippen LogP contribution in [0.4, 0.5) is 17.3 Å². The number of anilines is 3. The monoisotopic (exact) mass is 331 g/mol. The minimum absolute atomic E-state index is 0.543. The second-order valence-electron chi connectivity index (χ2n) is 5.56. The number of hydrogen-bond donors (Lipinski definition) is 2. The van der Waals surface area contributed by atoms with Crippen LogP contribution in [0, 0.1) is 0 Å². The molecule has 2 aromatic heterocycles. The molecular formula is C19H17N5O. The molecular weight excluding hydrogens is 314 g/mol. The average Bonchev–Trinajstić information content (AvgIpc) is 3.05. The highest BCUT2D eigenvalue weighted by Crippen LogP contribution is 2.29. The van der Waals surface area contributed by atoms with Crippen molar-refractivity contribution < 1.29 is 4.74 Å². The number of rotatable bonds is 4. The van der Waals surface area contributed by atoms with Crippen LogP contribution in [0.15, 0.2) is 66.7 Å². The first kappa shape index (κ1) is 15.0. The predicted molar refractivity (Wildman–Crippen MR) is 99.1 cm³/mol. The van der Waals surface area contributed by atoms with Crippen molar-refractivity contribution in [1.29, 1.82) is 0 Å². The highest BCUT2D eigenvalue weighted by Gasteiger charge is 2.10. The summed E-state index contributed by atoms with van der Waals surface area (Å²) in [4.78, 5) is 4.54. The van der Waals surface area contributed by atoms with Gasteiger partial charge in [-0.15, -0.1) is 5.10 Å². The summed E-state index contributed by atoms with van der Waals surface area (Å²) in [5.74, 6) is 1.18. The number of nitrogen functional groups attached to an aromatic ring is 1. The van der Waals surface area contributed by atoms with E-state index in [4.69, 9.17) is 10.5 Å². The number of para-hydroxylation sites is 1. The molecule has 0 bridgehead atoms. The van der Waals surface area contributed by atoms with Gasteiger partial charge in [0, 0.05) is 11.3 Å². The van der Waals surface area contributed by atoms with E-state index in [9.17, 15) is 0 Å². The number of aromatic nitrogens is 3. The number of nitrogens with one attached hydrogen (secondary N) is 1. The molecule has 0 aliphatic rings. The van der Waals surface area contributed by atoms with Crippen molar-refractivity contribution in [1.82, 2.24) is 14.6 Å². The lowest BCUT2D eigenvalue weighted by Crippen LogP contribution is -1.97. The Balaban J connectivity index is 1.78. The zero-order valence-corrected chi connectivity index (χ0v) is 13.7. The van der Waals surface area contributed by atoms with Crippen LogP contribution in [0.25, 0.3) is 16.9 Å². The fourth-order valence-electron chi connectivity index (χ4n) is 2.70. The lowest BCUT2D eigenvalue weighted by molar-refractivity contribution is 0.417. The lowest BCUT2D eigenvalue weighted by Gasteiger charge is -2.08. The number of nitrogens with zero attached hydrogens (tertiary/aromatic N) is 3. The summed E-state index contributed by atoms with van der Waals surface area (Å²) in [6.07, 6.45) is 0. The first-order valence-electron chi connectivity index (χ1n) is 7.86. The number of hydrogen-bond acceptors (Lipinski definition) is 5. The van der Waals surface area contributed by atoms with E-state index < -0.39 is 0 Å². The Kier molecular flexibility index (Phi) is 3.70. The van der Waals surface area contributed by atoms with Crippen LogP contribution in [-0.2, 0) is 0 Å². The minimum Gasteiger partial charge on any atom is -0.495 e. The molecule has 0 saturated carbocycles. The van der Waals surface area contributed by atoms with Crippen LogP contribution in [0.2, 0.25) is 0 Å². The molecule has 0 fully saturated rings. The Bertz CT molecular complexity index is 1030. The molecule has 3 N–H and O–H groups in total. The summed E-state index contributed by atoms with van der Waals surface area (Å²) in [7, 11) is 1.60. The van der Waals surface area contributed by atoms with Crippen LogP contribution < -0.4 is 15.8 Å². The van der Waals surface area contributed by atoms with Gasteiger partial charge in [0.25, 0.3) is 0 Å². The van der Waals surface area contributed by atoms with E-state index in [0.717, 1.165) is 22.6 Å². The number of benzene rings is 2. The first-order chi connectivity index (χ1) is 12.2. The van der Waals surface area contributed by atoms with Crippen molar-refractivity contribution in [3.8, 4) is 17.0 Å². The van der Waals surface area contributed by atoms with Gasteiger partial charge in [-0.1, -0.05) is 30.3 Å². The molecule has 0 saturated heterocycles. The van der Waals surface area contributed by atoms with E-state index in [1.165, 1.54) is 0 Å². The van der Waals surface area contributed by atoms with Gasteiger partial charge in [0.1, 0.15) is 5.75 Å². The molecule has 0 aliphatic heterocycles. The molecule has 2 aromatic carbocycles. The summed E-state index contributed by atoms with van der Waals surface area (Å²) < 4.78 is 7.12. The predicted octanol–water partition coefficient (Wildman–Crippen LogP) is 3.73. The number of fused-ring (bicyclic) bond motifs is 1. The number of pyridine rings is 1. The molecule has 0 unspecified atom stereocenters. The Labute approximate surface area is 144 Å². The fourth-order valence-corrected chi connectivity index (χ4v) is 2.70. The van der Waals surface area contributed by atoms with Crippen molar-refractivity contribution in [3.63, 3.8) is 0 Å². The molecule has 25 heavy (non-hydrogen) atoms. The topological polar surface area (TPSA) is 77.5 Å². The summed E-state index contributed by atoms with van der Waals surface area (Å²) in [5.41, 5.74) is 10.1. The standard InChI is InChI=1S/C19H17N5O/c1-25-17-12-13(10-11-15(17)20)16-8-5-9-18-22-19(23-24(16)18)21-14-6-3-2-4-7-14/h2-12H,20H2,1H3,(H,21,23). The molecule has 0 atom stereocenters. The molecule has 6 heteroatoms. The van der Waals surface area contributed by atoms with Crippen molar-refractivity contribution >= 4 is 23.0 Å². The third kappa shape index (κ3) is 2.85. The Morgan fingerprint density at radius 2 is 1.84 bits per heavy atom. The molecule has 2 heterocycles. The van der Waals surface area contributed by atoms with Gasteiger partial charge < -0.3 is 15.8 Å². The van der Waals surface area contributed by atoms with Gasteiger partial charge in [-0.3, -0.25) is 0 Å². The maximum Gasteiger partial charge on any atom is 0.247 e. The van der Waals surface area contributed by atoms with Gasteiger partial charge in [0.05, 0.1) is 18.5 Å². The van der Waals surface area contributed by atoms with E-state index >= 15 is 0 Å². The van der Waals surface area contributed by atoms with Crippen molar-refractivity contribution in [2.45, 2.75) is 0 Å². The summed E-state index contributed by atoms with van der Waals surface area (Å²) >= 11 is 0. The smallest absolute Gasteiger partial charge is 0.247 e. The van der Waals surface area contributed by atoms with E-state index in [2.05, 4.69) is 15.4 Å². The molecule has 0 spiro atoms. The van der Waals surface area contributed by atoms with Gasteiger partial charge in [-0.25, -0.2) is 4.52 Å². The highest BCUT2D eigenvalue weighted by atomic mass is 16.5. The van der Waals surface area contributed by atoms with Crippen LogP contribution in [-0.4, -0.2) is 21.7 Å². The van der Waals surface area contributed by atoms with Gasteiger partial charge >= 0.3 is 0 Å². The molecule has 0 aliphatic carbocycles. The lowest BCUT2D eigenvalue weighted by atomic mass is 10.1. The van der Waals surface area contributed by atoms with Crippen LogP contribution >= 0.6 is 0 Å². The first-order valence-corrected chi connectivity index (χ1v) is 7.86. The third-order valence-electron chi connectivity index (χ3n) is 3.92. The fraction of sp³-hybridized carbons (Fsp3) is 0.0526. The maximum atomic E-state index is 5.91. The largest absolute Gasteiger partial charge is 0.495 e. The zero-order chi connectivity index (χ0) is 17.2. The highest BCUT2D eigenvalue weighted by molar-refractivity contribution is 5.70. The summed E-state index contributed by atoms with van der Waals surface area (Å²) in [6, 6.07) is 21.4. The Hall–Kier alpha value is -3.54. The number of nitrogens with two attached hydrogens (primary N) is 1. The Morgan fingerprint density at radius 1 is 1.00 bits per heavy atom. The summed E-state index contributed by atoms with van der Waals surface area (Å²) in [6.45, 7) is 0. The van der Waals surface area contributed by atoms with E-state index in [0.29, 0.717) is 17.4 Å². The molecule has 124 valence electrons. The maximum absolute atomic E-state index is 5.91. The third-order valence-corrected chi connectivity index (χ3v) is 3.92. The van der Waals surface area contributed by atoms with E-state index in [-0.39, 0.29) is 0 Å². The van der Waals surface area contributed by atoms with Gasteiger partial charge in [-0.05, 0) is 36.4 Å². The SMILES string of the molecule is COc1cc(-c2cccc3nc(Nc4ccccc4)nn23)ccc1N. The normalized spacial score (nSPS) is 10.8. The number of ether oxygens (including phenoxy) is 1. The molecule has 0 amide bonds.